The lowest BCUT2D eigenvalue weighted by molar-refractivity contribution is 0.834. The fourth-order valence-electron chi connectivity index (χ4n) is 2.64. The lowest BCUT2D eigenvalue weighted by atomic mass is 9.90. The molecule has 0 amide bonds. The summed E-state index contributed by atoms with van der Waals surface area (Å²) in [6.07, 6.45) is 3.68. The SMILES string of the molecule is Cc1cc(C)c(C(N)c2cnccc2C)c(C)c1. The van der Waals surface area contributed by atoms with Crippen molar-refractivity contribution in [2.24, 2.45) is 5.73 Å². The van der Waals surface area contributed by atoms with Crippen LogP contribution in [0.1, 0.15) is 39.4 Å². The predicted octanol–water partition coefficient (Wildman–Crippen LogP) is 3.36. The van der Waals surface area contributed by atoms with Gasteiger partial charge in [0.05, 0.1) is 6.04 Å². The van der Waals surface area contributed by atoms with Crippen molar-refractivity contribution in [3.05, 3.63) is 64.0 Å². The Labute approximate surface area is 109 Å². The molecule has 18 heavy (non-hydrogen) atoms. The van der Waals surface area contributed by atoms with Gasteiger partial charge in [-0.2, -0.15) is 0 Å². The maximum Gasteiger partial charge on any atom is 0.0574 e. The largest absolute Gasteiger partial charge is 0.320 e. The Bertz CT molecular complexity index is 550. The number of benzene rings is 1. The summed E-state index contributed by atoms with van der Waals surface area (Å²) in [4.78, 5) is 4.19. The quantitative estimate of drug-likeness (QED) is 0.874. The Balaban J connectivity index is 2.53. The van der Waals surface area contributed by atoms with E-state index in [2.05, 4.69) is 44.8 Å². The van der Waals surface area contributed by atoms with Crippen LogP contribution in [-0.4, -0.2) is 4.98 Å². The smallest absolute Gasteiger partial charge is 0.0574 e. The van der Waals surface area contributed by atoms with Crippen molar-refractivity contribution >= 4 is 0 Å². The standard InChI is InChI=1S/C16H20N2/c1-10-7-12(3)15(13(4)8-10)16(17)14-9-18-6-5-11(14)2/h5-9,16H,17H2,1-4H3. The summed E-state index contributed by atoms with van der Waals surface area (Å²) in [6, 6.07) is 6.29. The Morgan fingerprint density at radius 1 is 1.00 bits per heavy atom. The molecule has 2 aromatic rings. The molecule has 0 spiro atoms. The minimum Gasteiger partial charge on any atom is -0.320 e. The summed E-state index contributed by atoms with van der Waals surface area (Å²) in [6.45, 7) is 8.45. The van der Waals surface area contributed by atoms with E-state index in [4.69, 9.17) is 5.73 Å². The van der Waals surface area contributed by atoms with Crippen LogP contribution in [0.3, 0.4) is 0 Å². The van der Waals surface area contributed by atoms with E-state index in [1.807, 2.05) is 12.3 Å². The van der Waals surface area contributed by atoms with Crippen molar-refractivity contribution in [3.63, 3.8) is 0 Å². The van der Waals surface area contributed by atoms with E-state index < -0.39 is 0 Å². The van der Waals surface area contributed by atoms with Gasteiger partial charge < -0.3 is 5.73 Å². The zero-order chi connectivity index (χ0) is 13.3. The van der Waals surface area contributed by atoms with Crippen LogP contribution in [0.4, 0.5) is 0 Å². The van der Waals surface area contributed by atoms with Gasteiger partial charge >= 0.3 is 0 Å². The van der Waals surface area contributed by atoms with E-state index in [1.165, 1.54) is 27.8 Å². The number of pyridine rings is 1. The van der Waals surface area contributed by atoms with Crippen molar-refractivity contribution < 1.29 is 0 Å². The van der Waals surface area contributed by atoms with E-state index in [0.717, 1.165) is 5.56 Å². The third kappa shape index (κ3) is 2.29. The van der Waals surface area contributed by atoms with Gasteiger partial charge in [0.25, 0.3) is 0 Å². The van der Waals surface area contributed by atoms with Gasteiger partial charge in [-0.3, -0.25) is 4.98 Å². The summed E-state index contributed by atoms with van der Waals surface area (Å²) >= 11 is 0. The number of hydrogen-bond acceptors (Lipinski definition) is 2. The van der Waals surface area contributed by atoms with Gasteiger partial charge in [-0.25, -0.2) is 0 Å². The molecule has 0 fully saturated rings. The fourth-order valence-corrected chi connectivity index (χ4v) is 2.64. The van der Waals surface area contributed by atoms with Crippen LogP contribution in [0.25, 0.3) is 0 Å². The summed E-state index contributed by atoms with van der Waals surface area (Å²) in [5.74, 6) is 0. The molecule has 94 valence electrons. The summed E-state index contributed by atoms with van der Waals surface area (Å²) in [5.41, 5.74) is 13.7. The molecule has 0 aliphatic rings. The van der Waals surface area contributed by atoms with Gasteiger partial charge in [-0.15, -0.1) is 0 Å². The summed E-state index contributed by atoms with van der Waals surface area (Å²) < 4.78 is 0. The van der Waals surface area contributed by atoms with Crippen molar-refractivity contribution in [2.75, 3.05) is 0 Å². The highest BCUT2D eigenvalue weighted by Crippen LogP contribution is 2.28. The molecule has 1 aromatic carbocycles. The van der Waals surface area contributed by atoms with Crippen LogP contribution in [0.2, 0.25) is 0 Å². The highest BCUT2D eigenvalue weighted by molar-refractivity contribution is 5.44. The van der Waals surface area contributed by atoms with Crippen LogP contribution in [0, 0.1) is 27.7 Å². The molecule has 0 aliphatic heterocycles. The van der Waals surface area contributed by atoms with Crippen molar-refractivity contribution in [1.82, 2.24) is 4.98 Å². The van der Waals surface area contributed by atoms with E-state index >= 15 is 0 Å². The molecule has 1 aromatic heterocycles. The molecule has 0 saturated carbocycles. The first-order valence-corrected chi connectivity index (χ1v) is 6.24. The first kappa shape index (κ1) is 12.8. The second-order valence-electron chi connectivity index (χ2n) is 5.02. The zero-order valence-corrected chi connectivity index (χ0v) is 11.5. The first-order chi connectivity index (χ1) is 8.50. The maximum absolute atomic E-state index is 6.43. The molecule has 0 bridgehead atoms. The van der Waals surface area contributed by atoms with Crippen LogP contribution in [0.5, 0.6) is 0 Å². The monoisotopic (exact) mass is 240 g/mol. The topological polar surface area (TPSA) is 38.9 Å². The average Bonchev–Trinajstić information content (AvgIpc) is 2.27. The number of aryl methyl sites for hydroxylation is 4. The van der Waals surface area contributed by atoms with Gasteiger partial charge in [-0.1, -0.05) is 17.7 Å². The molecule has 1 atom stereocenters. The molecule has 1 unspecified atom stereocenters. The molecular formula is C16H20N2. The van der Waals surface area contributed by atoms with Gasteiger partial charge in [0.1, 0.15) is 0 Å². The number of nitrogens with two attached hydrogens (primary N) is 1. The van der Waals surface area contributed by atoms with Crippen LogP contribution < -0.4 is 5.73 Å². The lowest BCUT2D eigenvalue weighted by Crippen LogP contribution is -2.16. The van der Waals surface area contributed by atoms with Gasteiger partial charge in [0.2, 0.25) is 0 Å². The lowest BCUT2D eigenvalue weighted by Gasteiger charge is -2.20. The second-order valence-corrected chi connectivity index (χ2v) is 5.02. The fraction of sp³-hybridized carbons (Fsp3) is 0.312. The molecule has 0 aliphatic carbocycles. The van der Waals surface area contributed by atoms with E-state index in [1.54, 1.807) is 6.20 Å². The predicted molar refractivity (Wildman–Crippen MR) is 75.7 cm³/mol. The zero-order valence-electron chi connectivity index (χ0n) is 11.5. The first-order valence-electron chi connectivity index (χ1n) is 6.24. The molecule has 0 saturated heterocycles. The maximum atomic E-state index is 6.43. The van der Waals surface area contributed by atoms with E-state index in [0.29, 0.717) is 0 Å². The molecular weight excluding hydrogens is 220 g/mol. The molecule has 2 heteroatoms. The average molecular weight is 240 g/mol. The number of nitrogens with zero attached hydrogens (tertiary/aromatic N) is 1. The Hall–Kier alpha value is -1.67. The third-order valence-corrected chi connectivity index (χ3v) is 3.46. The van der Waals surface area contributed by atoms with Crippen LogP contribution >= 0.6 is 0 Å². The molecule has 2 nitrogen and oxygen atoms in total. The second kappa shape index (κ2) is 4.91. The van der Waals surface area contributed by atoms with Crippen molar-refractivity contribution in [2.45, 2.75) is 33.7 Å². The highest BCUT2D eigenvalue weighted by Gasteiger charge is 2.16. The number of rotatable bonds is 2. The van der Waals surface area contributed by atoms with Crippen LogP contribution in [0.15, 0.2) is 30.6 Å². The summed E-state index contributed by atoms with van der Waals surface area (Å²) in [5, 5.41) is 0. The molecule has 0 radical (unpaired) electrons. The van der Waals surface area contributed by atoms with Gasteiger partial charge in [0, 0.05) is 12.4 Å². The Morgan fingerprint density at radius 3 is 2.17 bits per heavy atom. The Morgan fingerprint density at radius 2 is 1.61 bits per heavy atom. The van der Waals surface area contributed by atoms with Gasteiger partial charge in [-0.05, 0) is 61.6 Å². The van der Waals surface area contributed by atoms with E-state index in [-0.39, 0.29) is 6.04 Å². The number of aromatic nitrogens is 1. The summed E-state index contributed by atoms with van der Waals surface area (Å²) in [7, 11) is 0. The molecule has 2 N–H and O–H groups in total. The Kier molecular flexibility index (Phi) is 3.48. The molecule has 2 rings (SSSR count). The van der Waals surface area contributed by atoms with Gasteiger partial charge in [0.15, 0.2) is 0 Å². The third-order valence-electron chi connectivity index (χ3n) is 3.46. The minimum atomic E-state index is -0.0979. The van der Waals surface area contributed by atoms with Crippen molar-refractivity contribution in [1.29, 1.82) is 0 Å². The van der Waals surface area contributed by atoms with E-state index in [9.17, 15) is 0 Å². The highest BCUT2D eigenvalue weighted by atomic mass is 14.7. The van der Waals surface area contributed by atoms with Crippen LogP contribution in [-0.2, 0) is 0 Å². The number of hydrogen-bond donors (Lipinski definition) is 1. The van der Waals surface area contributed by atoms with Crippen molar-refractivity contribution in [3.8, 4) is 0 Å². The minimum absolute atomic E-state index is 0.0979. The normalized spacial score (nSPS) is 12.5. The molecule has 1 heterocycles.